The summed E-state index contributed by atoms with van der Waals surface area (Å²) in [6, 6.07) is 0. The van der Waals surface area contributed by atoms with Crippen LogP contribution in [0.15, 0.2) is 11.2 Å². The number of aromatic amines is 1. The van der Waals surface area contributed by atoms with Gasteiger partial charge in [-0.3, -0.25) is 4.79 Å². The smallest absolute Gasteiger partial charge is 0.251 e. The van der Waals surface area contributed by atoms with E-state index < -0.39 is 5.60 Å². The Bertz CT molecular complexity index is 376. The van der Waals surface area contributed by atoms with Gasteiger partial charge in [0, 0.05) is 18.9 Å². The van der Waals surface area contributed by atoms with Gasteiger partial charge in [-0.05, 0) is 26.2 Å². The van der Waals surface area contributed by atoms with Crippen LogP contribution in [0, 0.1) is 0 Å². The lowest BCUT2D eigenvalue weighted by molar-refractivity contribution is -0.150. The van der Waals surface area contributed by atoms with Gasteiger partial charge in [0.25, 0.3) is 5.91 Å². The number of rotatable bonds is 5. The first kappa shape index (κ1) is 13.4. The fourth-order valence-corrected chi connectivity index (χ4v) is 2.53. The van der Waals surface area contributed by atoms with Gasteiger partial charge in [-0.2, -0.15) is 10.3 Å². The molecule has 2 heterocycles. The van der Waals surface area contributed by atoms with Gasteiger partial charge in [0.15, 0.2) is 0 Å². The molecule has 1 saturated heterocycles. The van der Waals surface area contributed by atoms with Crippen LogP contribution in [-0.2, 0) is 9.53 Å². The molecule has 6 nitrogen and oxygen atoms in total. The fourth-order valence-electron chi connectivity index (χ4n) is 1.88. The maximum atomic E-state index is 12.0. The van der Waals surface area contributed by atoms with E-state index in [0.29, 0.717) is 13.2 Å². The largest absolute Gasteiger partial charge is 0.365 e. The first-order chi connectivity index (χ1) is 8.71. The van der Waals surface area contributed by atoms with Crippen LogP contribution in [0.25, 0.3) is 0 Å². The van der Waals surface area contributed by atoms with Gasteiger partial charge in [-0.25, -0.2) is 0 Å². The van der Waals surface area contributed by atoms with Crippen molar-refractivity contribution in [3.8, 4) is 0 Å². The molecular formula is C11H18N4O2S. The van der Waals surface area contributed by atoms with Gasteiger partial charge in [-0.15, -0.1) is 16.9 Å². The second kappa shape index (κ2) is 6.19. The normalized spacial score (nSPS) is 23.8. The maximum absolute atomic E-state index is 12.0. The van der Waals surface area contributed by atoms with Crippen LogP contribution in [0.5, 0.6) is 0 Å². The van der Waals surface area contributed by atoms with E-state index in [9.17, 15) is 4.79 Å². The average molecular weight is 270 g/mol. The predicted molar refractivity (Wildman–Crippen MR) is 68.3 cm³/mol. The molecule has 100 valence electrons. The lowest BCUT2D eigenvalue weighted by atomic mass is 9.95. The van der Waals surface area contributed by atoms with Crippen molar-refractivity contribution in [3.05, 3.63) is 6.20 Å². The van der Waals surface area contributed by atoms with E-state index in [1.54, 1.807) is 18.0 Å². The second-order valence-electron chi connectivity index (χ2n) is 4.45. The number of H-pyrrole nitrogens is 1. The zero-order chi connectivity index (χ0) is 12.8. The third-order valence-corrected chi connectivity index (χ3v) is 3.88. The Morgan fingerprint density at radius 1 is 1.67 bits per heavy atom. The van der Waals surface area contributed by atoms with Crippen molar-refractivity contribution in [2.75, 3.05) is 18.9 Å². The first-order valence-corrected chi connectivity index (χ1v) is 7.10. The third-order valence-electron chi connectivity index (χ3n) is 2.98. The van der Waals surface area contributed by atoms with Crippen LogP contribution in [0.2, 0.25) is 0 Å². The van der Waals surface area contributed by atoms with Gasteiger partial charge in [0.2, 0.25) is 0 Å². The number of nitrogens with zero attached hydrogens (tertiary/aromatic N) is 2. The molecule has 0 saturated carbocycles. The molecule has 0 radical (unpaired) electrons. The summed E-state index contributed by atoms with van der Waals surface area (Å²) in [5.74, 6) is 0.761. The highest BCUT2D eigenvalue weighted by Crippen LogP contribution is 2.24. The highest BCUT2D eigenvalue weighted by atomic mass is 32.2. The molecule has 1 aliphatic heterocycles. The molecule has 1 aromatic rings. The molecule has 1 fully saturated rings. The molecule has 0 aliphatic carbocycles. The van der Waals surface area contributed by atoms with E-state index in [1.807, 2.05) is 6.92 Å². The molecule has 1 aromatic heterocycles. The zero-order valence-electron chi connectivity index (χ0n) is 10.4. The van der Waals surface area contributed by atoms with Gasteiger partial charge < -0.3 is 10.1 Å². The number of ether oxygens (including phenoxy) is 1. The number of hydrogen-bond donors (Lipinski definition) is 2. The van der Waals surface area contributed by atoms with E-state index in [1.165, 1.54) is 0 Å². The molecule has 1 atom stereocenters. The number of amides is 1. The van der Waals surface area contributed by atoms with Crippen LogP contribution in [0.1, 0.15) is 26.2 Å². The SMILES string of the molecule is C[C@@]1(C(=O)NCCSc2cn[nH]n2)CCCCO1. The summed E-state index contributed by atoms with van der Waals surface area (Å²) in [5.41, 5.74) is -0.642. The molecule has 2 N–H and O–H groups in total. The summed E-state index contributed by atoms with van der Waals surface area (Å²) in [6.07, 6.45) is 4.57. The Morgan fingerprint density at radius 2 is 2.56 bits per heavy atom. The summed E-state index contributed by atoms with van der Waals surface area (Å²) in [5, 5.41) is 13.9. The molecule has 1 amide bonds. The van der Waals surface area contributed by atoms with E-state index in [4.69, 9.17) is 4.74 Å². The van der Waals surface area contributed by atoms with E-state index in [0.717, 1.165) is 30.0 Å². The van der Waals surface area contributed by atoms with Crippen molar-refractivity contribution in [1.82, 2.24) is 20.7 Å². The average Bonchev–Trinajstić information content (AvgIpc) is 2.88. The molecule has 0 aromatic carbocycles. The van der Waals surface area contributed by atoms with Crippen LogP contribution in [-0.4, -0.2) is 45.8 Å². The summed E-state index contributed by atoms with van der Waals surface area (Å²) >= 11 is 1.55. The summed E-state index contributed by atoms with van der Waals surface area (Å²) in [4.78, 5) is 12.0. The van der Waals surface area contributed by atoms with Gasteiger partial charge in [0.05, 0.1) is 6.20 Å². The Morgan fingerprint density at radius 3 is 3.22 bits per heavy atom. The predicted octanol–water partition coefficient (Wildman–Crippen LogP) is 0.972. The van der Waals surface area contributed by atoms with Gasteiger partial charge in [-0.1, -0.05) is 0 Å². The number of hydrogen-bond acceptors (Lipinski definition) is 5. The monoisotopic (exact) mass is 270 g/mol. The number of aromatic nitrogens is 3. The number of carbonyl (C=O) groups excluding carboxylic acids is 1. The molecule has 1 aliphatic rings. The Kier molecular flexibility index (Phi) is 4.60. The second-order valence-corrected chi connectivity index (χ2v) is 5.56. The van der Waals surface area contributed by atoms with Crippen LogP contribution < -0.4 is 5.32 Å². The molecule has 0 bridgehead atoms. The summed E-state index contributed by atoms with van der Waals surface area (Å²) in [6.45, 7) is 3.15. The number of thioether (sulfide) groups is 1. The fraction of sp³-hybridized carbons (Fsp3) is 0.727. The molecule has 2 rings (SSSR count). The van der Waals surface area contributed by atoms with Crippen LogP contribution in [0.3, 0.4) is 0 Å². The highest BCUT2D eigenvalue weighted by Gasteiger charge is 2.35. The minimum atomic E-state index is -0.642. The molecular weight excluding hydrogens is 252 g/mol. The lowest BCUT2D eigenvalue weighted by Gasteiger charge is -2.32. The number of carbonyl (C=O) groups is 1. The lowest BCUT2D eigenvalue weighted by Crippen LogP contribution is -2.48. The zero-order valence-corrected chi connectivity index (χ0v) is 11.3. The minimum absolute atomic E-state index is 0.0112. The van der Waals surface area contributed by atoms with Crippen LogP contribution in [0.4, 0.5) is 0 Å². The van der Waals surface area contributed by atoms with Crippen molar-refractivity contribution >= 4 is 17.7 Å². The minimum Gasteiger partial charge on any atom is -0.365 e. The van der Waals surface area contributed by atoms with E-state index in [2.05, 4.69) is 20.7 Å². The first-order valence-electron chi connectivity index (χ1n) is 6.11. The Labute approximate surface area is 110 Å². The highest BCUT2D eigenvalue weighted by molar-refractivity contribution is 7.99. The quantitative estimate of drug-likeness (QED) is 0.615. The maximum Gasteiger partial charge on any atom is 0.251 e. The van der Waals surface area contributed by atoms with Gasteiger partial charge >= 0.3 is 0 Å². The molecule has 0 spiro atoms. The molecule has 0 unspecified atom stereocenters. The van der Waals surface area contributed by atoms with Crippen molar-refractivity contribution in [1.29, 1.82) is 0 Å². The van der Waals surface area contributed by atoms with E-state index >= 15 is 0 Å². The topological polar surface area (TPSA) is 79.9 Å². The molecule has 7 heteroatoms. The Balaban J connectivity index is 1.68. The summed E-state index contributed by atoms with van der Waals surface area (Å²) < 4.78 is 5.58. The van der Waals surface area contributed by atoms with Crippen molar-refractivity contribution in [3.63, 3.8) is 0 Å². The van der Waals surface area contributed by atoms with Gasteiger partial charge in [0.1, 0.15) is 10.6 Å². The van der Waals surface area contributed by atoms with Crippen molar-refractivity contribution in [2.24, 2.45) is 0 Å². The van der Waals surface area contributed by atoms with Crippen LogP contribution >= 0.6 is 11.8 Å². The number of nitrogens with one attached hydrogen (secondary N) is 2. The molecule has 18 heavy (non-hydrogen) atoms. The van der Waals surface area contributed by atoms with Crippen molar-refractivity contribution in [2.45, 2.75) is 36.8 Å². The third kappa shape index (κ3) is 3.46. The Hall–Kier alpha value is -1.08. The van der Waals surface area contributed by atoms with Crippen molar-refractivity contribution < 1.29 is 9.53 Å². The summed E-state index contributed by atoms with van der Waals surface area (Å²) in [7, 11) is 0. The standard InChI is InChI=1S/C11H18N4O2S/c1-11(4-2-3-6-17-11)10(16)12-5-7-18-9-8-13-15-14-9/h8H,2-7H2,1H3,(H,12,16)(H,13,14,15)/t11-/m0/s1. The van der Waals surface area contributed by atoms with E-state index in [-0.39, 0.29) is 5.91 Å².